The largest absolute Gasteiger partial charge is 0.431 e. The number of thiazole rings is 1. The zero-order valence-corrected chi connectivity index (χ0v) is 12.9. The van der Waals surface area contributed by atoms with Gasteiger partial charge in [0.15, 0.2) is 10.7 Å². The van der Waals surface area contributed by atoms with Crippen molar-refractivity contribution in [2.45, 2.75) is 23.8 Å². The monoisotopic (exact) mass is 319 g/mol. The predicted molar refractivity (Wildman–Crippen MR) is 84.7 cm³/mol. The van der Waals surface area contributed by atoms with Crippen LogP contribution in [0.25, 0.3) is 11.1 Å². The molecule has 21 heavy (non-hydrogen) atoms. The maximum atomic E-state index is 12.2. The Morgan fingerprint density at radius 2 is 2.33 bits per heavy atom. The highest BCUT2D eigenvalue weighted by atomic mass is 32.2. The minimum atomic E-state index is -0.262. The highest BCUT2D eigenvalue weighted by molar-refractivity contribution is 8.00. The number of fused-ring (bicyclic) bond motifs is 1. The molecule has 108 valence electrons. The van der Waals surface area contributed by atoms with Crippen LogP contribution in [0.15, 0.2) is 45.5 Å². The molecule has 1 N–H and O–H groups in total. The number of carbonyl (C=O) groups is 1. The van der Waals surface area contributed by atoms with E-state index in [4.69, 9.17) is 4.42 Å². The van der Waals surface area contributed by atoms with E-state index >= 15 is 0 Å². The Morgan fingerprint density at radius 3 is 3.05 bits per heavy atom. The van der Waals surface area contributed by atoms with Crippen molar-refractivity contribution in [2.24, 2.45) is 0 Å². The summed E-state index contributed by atoms with van der Waals surface area (Å²) in [7, 11) is 0. The van der Waals surface area contributed by atoms with Crippen LogP contribution in [-0.2, 0) is 4.79 Å². The van der Waals surface area contributed by atoms with Gasteiger partial charge in [-0.15, -0.1) is 11.3 Å². The highest BCUT2D eigenvalue weighted by Gasteiger charge is 2.21. The van der Waals surface area contributed by atoms with Gasteiger partial charge in [-0.1, -0.05) is 30.8 Å². The minimum absolute atomic E-state index is 0.0836. The number of thioether (sulfide) groups is 1. The normalized spacial score (nSPS) is 12.4. The Kier molecular flexibility index (Phi) is 4.21. The molecule has 7 heteroatoms. The second-order valence-corrected chi connectivity index (χ2v) is 6.34. The lowest BCUT2D eigenvalue weighted by atomic mass is 10.3. The zero-order chi connectivity index (χ0) is 14.7. The third-order valence-electron chi connectivity index (χ3n) is 2.84. The van der Waals surface area contributed by atoms with E-state index in [0.717, 1.165) is 11.1 Å². The molecule has 1 aromatic carbocycles. The molecule has 0 aliphatic heterocycles. The standard InChI is InChI=1S/C14H13N3O2S2/c1-2-11(12(18)17-13-15-7-8-20-13)21-14-16-9-5-3-4-6-10(9)19-14/h3-8,11H,2H2,1H3,(H,15,17,18)/t11-/m1/s1. The number of hydrogen-bond acceptors (Lipinski definition) is 6. The number of para-hydroxylation sites is 2. The molecule has 5 nitrogen and oxygen atoms in total. The van der Waals surface area contributed by atoms with Gasteiger partial charge in [-0.3, -0.25) is 4.79 Å². The molecule has 3 aromatic rings. The van der Waals surface area contributed by atoms with Gasteiger partial charge in [0.1, 0.15) is 5.52 Å². The van der Waals surface area contributed by atoms with Gasteiger partial charge in [-0.25, -0.2) is 9.97 Å². The van der Waals surface area contributed by atoms with Gasteiger partial charge in [0, 0.05) is 11.6 Å². The van der Waals surface area contributed by atoms with Crippen LogP contribution in [0.5, 0.6) is 0 Å². The third kappa shape index (κ3) is 3.25. The average molecular weight is 319 g/mol. The number of carbonyl (C=O) groups excluding carboxylic acids is 1. The number of nitrogens with zero attached hydrogens (tertiary/aromatic N) is 2. The van der Waals surface area contributed by atoms with E-state index < -0.39 is 0 Å². The van der Waals surface area contributed by atoms with Crippen molar-refractivity contribution in [3.63, 3.8) is 0 Å². The summed E-state index contributed by atoms with van der Waals surface area (Å²) in [5.41, 5.74) is 1.53. The summed E-state index contributed by atoms with van der Waals surface area (Å²) in [4.78, 5) is 20.7. The number of hydrogen-bond donors (Lipinski definition) is 1. The lowest BCUT2D eigenvalue weighted by molar-refractivity contribution is -0.115. The second kappa shape index (κ2) is 6.28. The molecule has 2 aromatic heterocycles. The van der Waals surface area contributed by atoms with Crippen LogP contribution in [0.2, 0.25) is 0 Å². The number of oxazole rings is 1. The summed E-state index contributed by atoms with van der Waals surface area (Å²) >= 11 is 2.73. The number of rotatable bonds is 5. The number of benzene rings is 1. The van der Waals surface area contributed by atoms with Crippen LogP contribution in [-0.4, -0.2) is 21.1 Å². The van der Waals surface area contributed by atoms with Gasteiger partial charge in [-0.05, 0) is 18.6 Å². The fourth-order valence-corrected chi connectivity index (χ4v) is 3.21. The molecule has 0 unspecified atom stereocenters. The van der Waals surface area contributed by atoms with Crippen LogP contribution in [0, 0.1) is 0 Å². The molecule has 0 aliphatic rings. The maximum absolute atomic E-state index is 12.2. The second-order valence-electron chi connectivity index (χ2n) is 4.29. The first kappa shape index (κ1) is 14.1. The van der Waals surface area contributed by atoms with Crippen LogP contribution in [0.4, 0.5) is 5.13 Å². The van der Waals surface area contributed by atoms with Crippen LogP contribution < -0.4 is 5.32 Å². The van der Waals surface area contributed by atoms with Crippen LogP contribution >= 0.6 is 23.1 Å². The zero-order valence-electron chi connectivity index (χ0n) is 11.3. The number of amides is 1. The molecule has 0 saturated heterocycles. The number of nitrogens with one attached hydrogen (secondary N) is 1. The predicted octanol–water partition coefficient (Wildman–Crippen LogP) is 3.79. The molecule has 0 spiro atoms. The van der Waals surface area contributed by atoms with Crippen molar-refractivity contribution in [1.82, 2.24) is 9.97 Å². The fourth-order valence-electron chi connectivity index (χ4n) is 1.82. The van der Waals surface area contributed by atoms with E-state index in [-0.39, 0.29) is 11.2 Å². The van der Waals surface area contributed by atoms with Crippen molar-refractivity contribution >= 4 is 45.2 Å². The van der Waals surface area contributed by atoms with Crippen LogP contribution in [0.3, 0.4) is 0 Å². The summed E-state index contributed by atoms with van der Waals surface area (Å²) in [6, 6.07) is 7.56. The van der Waals surface area contributed by atoms with E-state index in [0.29, 0.717) is 16.8 Å². The van der Waals surface area contributed by atoms with Gasteiger partial charge in [-0.2, -0.15) is 0 Å². The average Bonchev–Trinajstić information content (AvgIpc) is 3.12. The van der Waals surface area contributed by atoms with E-state index in [1.54, 1.807) is 6.20 Å². The third-order valence-corrected chi connectivity index (χ3v) is 4.74. The molecule has 3 rings (SSSR count). The molecule has 0 fully saturated rings. The molecule has 0 aliphatic carbocycles. The first-order valence-electron chi connectivity index (χ1n) is 6.49. The quantitative estimate of drug-likeness (QED) is 0.725. The molecule has 2 heterocycles. The number of anilines is 1. The van der Waals surface area contributed by atoms with Gasteiger partial charge in [0.25, 0.3) is 5.22 Å². The minimum Gasteiger partial charge on any atom is -0.431 e. The molecule has 1 atom stereocenters. The summed E-state index contributed by atoms with van der Waals surface area (Å²) in [6.07, 6.45) is 2.34. The fraction of sp³-hybridized carbons (Fsp3) is 0.214. The Hall–Kier alpha value is -1.86. The van der Waals surface area contributed by atoms with Gasteiger partial charge in [0.05, 0.1) is 5.25 Å². The molecule has 0 radical (unpaired) electrons. The molecule has 0 saturated carbocycles. The van der Waals surface area contributed by atoms with Gasteiger partial charge in [0.2, 0.25) is 5.91 Å². The van der Waals surface area contributed by atoms with E-state index in [1.807, 2.05) is 36.6 Å². The number of aromatic nitrogens is 2. The van der Waals surface area contributed by atoms with Gasteiger partial charge >= 0.3 is 0 Å². The molecule has 1 amide bonds. The van der Waals surface area contributed by atoms with Crippen molar-refractivity contribution in [1.29, 1.82) is 0 Å². The highest BCUT2D eigenvalue weighted by Crippen LogP contribution is 2.29. The van der Waals surface area contributed by atoms with E-state index in [9.17, 15) is 4.79 Å². The van der Waals surface area contributed by atoms with Crippen molar-refractivity contribution in [3.05, 3.63) is 35.8 Å². The Morgan fingerprint density at radius 1 is 1.48 bits per heavy atom. The Balaban J connectivity index is 1.72. The van der Waals surface area contributed by atoms with Gasteiger partial charge < -0.3 is 9.73 Å². The summed E-state index contributed by atoms with van der Waals surface area (Å²) < 4.78 is 5.64. The smallest absolute Gasteiger partial charge is 0.257 e. The van der Waals surface area contributed by atoms with Crippen molar-refractivity contribution in [3.8, 4) is 0 Å². The maximum Gasteiger partial charge on any atom is 0.257 e. The lowest BCUT2D eigenvalue weighted by Crippen LogP contribution is -2.24. The van der Waals surface area contributed by atoms with Crippen LogP contribution in [0.1, 0.15) is 13.3 Å². The Bertz CT molecular complexity index is 707. The summed E-state index contributed by atoms with van der Waals surface area (Å²) in [5.74, 6) is -0.0836. The Labute approximate surface area is 129 Å². The van der Waals surface area contributed by atoms with Crippen molar-refractivity contribution < 1.29 is 9.21 Å². The first-order chi connectivity index (χ1) is 10.3. The molecular weight excluding hydrogens is 306 g/mol. The molecular formula is C14H13N3O2S2. The SMILES string of the molecule is CC[C@@H](Sc1nc2ccccc2o1)C(=O)Nc1nccs1. The summed E-state index contributed by atoms with van der Waals surface area (Å²) in [5, 5.41) is 5.49. The van der Waals surface area contributed by atoms with Crippen molar-refractivity contribution in [2.75, 3.05) is 5.32 Å². The molecule has 0 bridgehead atoms. The summed E-state index contributed by atoms with van der Waals surface area (Å²) in [6.45, 7) is 1.96. The first-order valence-corrected chi connectivity index (χ1v) is 8.25. The van der Waals surface area contributed by atoms with E-state index in [1.165, 1.54) is 23.1 Å². The topological polar surface area (TPSA) is 68.0 Å². The van der Waals surface area contributed by atoms with E-state index in [2.05, 4.69) is 15.3 Å². The lowest BCUT2D eigenvalue weighted by Gasteiger charge is -2.10.